The van der Waals surface area contributed by atoms with Crippen LogP contribution in [0.1, 0.15) is 32.6 Å². The molecule has 2 amide bonds. The fraction of sp³-hybridized carbons (Fsp3) is 0.583. The van der Waals surface area contributed by atoms with E-state index in [1.165, 1.54) is 4.90 Å². The van der Waals surface area contributed by atoms with Crippen LogP contribution in [-0.4, -0.2) is 60.4 Å². The largest absolute Gasteiger partial charge is 0.370 e. The van der Waals surface area contributed by atoms with E-state index in [9.17, 15) is 9.59 Å². The van der Waals surface area contributed by atoms with Gasteiger partial charge in [-0.25, -0.2) is 4.98 Å². The second-order valence-electron chi connectivity index (χ2n) is 8.72. The number of allylic oxidation sites excluding steroid dienone is 2. The van der Waals surface area contributed by atoms with Gasteiger partial charge in [-0.1, -0.05) is 18.2 Å². The van der Waals surface area contributed by atoms with Crippen molar-refractivity contribution in [3.63, 3.8) is 0 Å². The molecule has 2 aliphatic carbocycles. The van der Waals surface area contributed by atoms with Crippen LogP contribution in [0.15, 0.2) is 41.5 Å². The van der Waals surface area contributed by atoms with Crippen molar-refractivity contribution < 1.29 is 9.59 Å². The molecule has 4 atom stereocenters. The average molecular weight is 566 g/mol. The van der Waals surface area contributed by atoms with E-state index in [2.05, 4.69) is 38.1 Å². The Morgan fingerprint density at radius 1 is 1.06 bits per heavy atom. The zero-order chi connectivity index (χ0) is 22.3. The van der Waals surface area contributed by atoms with Crippen LogP contribution in [0.2, 0.25) is 0 Å². The molecule has 2 fully saturated rings. The maximum atomic E-state index is 12.7. The quantitative estimate of drug-likeness (QED) is 0.0952. The van der Waals surface area contributed by atoms with Gasteiger partial charge in [0.2, 0.25) is 11.8 Å². The molecule has 180 valence electrons. The number of hydrogen-bond acceptors (Lipinski definition) is 5. The lowest BCUT2D eigenvalue weighted by atomic mass is 9.85. The lowest BCUT2D eigenvalue weighted by molar-refractivity contribution is -0.140. The van der Waals surface area contributed by atoms with E-state index in [0.717, 1.165) is 50.7 Å². The Hall–Kier alpha value is -2.17. The molecule has 3 N–H and O–H groups in total. The number of anilines is 1. The molecule has 1 saturated carbocycles. The monoisotopic (exact) mass is 566 g/mol. The Balaban J connectivity index is 0.00000306. The van der Waals surface area contributed by atoms with Gasteiger partial charge >= 0.3 is 0 Å². The third-order valence-corrected chi connectivity index (χ3v) is 6.58. The molecule has 3 aliphatic rings. The van der Waals surface area contributed by atoms with Crippen LogP contribution in [0.4, 0.5) is 5.82 Å². The van der Waals surface area contributed by atoms with Gasteiger partial charge in [0, 0.05) is 38.9 Å². The number of carbonyl (C=O) groups is 2. The molecule has 2 heterocycles. The topological polar surface area (TPSA) is 98.7 Å². The number of carbonyl (C=O) groups excluding carboxylic acids is 2. The number of nitrogens with zero attached hydrogens (tertiary/aromatic N) is 3. The minimum absolute atomic E-state index is 0. The molecule has 1 aromatic heterocycles. The lowest BCUT2D eigenvalue weighted by Crippen LogP contribution is -2.38. The number of amides is 2. The number of fused-ring (bicyclic) bond motifs is 5. The second-order valence-corrected chi connectivity index (χ2v) is 8.72. The summed E-state index contributed by atoms with van der Waals surface area (Å²) in [6, 6.07) is 5.84. The van der Waals surface area contributed by atoms with Crippen molar-refractivity contribution >= 4 is 47.6 Å². The maximum Gasteiger partial charge on any atom is 0.233 e. The molecule has 1 saturated heterocycles. The standard InChI is InChI=1S/C24H34N6O2.HI/c1-2-25-24(28-13-6-5-12-27-19-8-3-4-11-26-19)29-14-7-15-30-22(31)20-17-9-10-18(16-17)21(20)23(30)32;/h3-4,8-11,17-18,20-21H,2,5-7,12-16H2,1H3,(H,26,27)(H2,25,28,29);1H. The van der Waals surface area contributed by atoms with E-state index in [0.29, 0.717) is 19.5 Å². The second kappa shape index (κ2) is 12.3. The number of rotatable bonds is 11. The van der Waals surface area contributed by atoms with Crippen LogP contribution >= 0.6 is 24.0 Å². The van der Waals surface area contributed by atoms with Gasteiger partial charge in [0.05, 0.1) is 11.8 Å². The summed E-state index contributed by atoms with van der Waals surface area (Å²) in [5, 5.41) is 9.92. The Morgan fingerprint density at radius 3 is 2.45 bits per heavy atom. The fourth-order valence-electron chi connectivity index (χ4n) is 5.09. The first-order valence-corrected chi connectivity index (χ1v) is 11.9. The summed E-state index contributed by atoms with van der Waals surface area (Å²) in [4.78, 5) is 35.8. The van der Waals surface area contributed by atoms with Crippen molar-refractivity contribution in [2.45, 2.75) is 32.6 Å². The number of nitrogens with one attached hydrogen (secondary N) is 3. The molecule has 1 aliphatic heterocycles. The summed E-state index contributed by atoms with van der Waals surface area (Å²) in [7, 11) is 0. The predicted octanol–water partition coefficient (Wildman–Crippen LogP) is 2.64. The summed E-state index contributed by atoms with van der Waals surface area (Å²) >= 11 is 0. The molecule has 4 rings (SSSR count). The number of guanidine groups is 1. The zero-order valence-corrected chi connectivity index (χ0v) is 21.5. The van der Waals surface area contributed by atoms with Gasteiger partial charge in [-0.3, -0.25) is 19.5 Å². The Morgan fingerprint density at radius 2 is 1.79 bits per heavy atom. The molecule has 33 heavy (non-hydrogen) atoms. The third-order valence-electron chi connectivity index (χ3n) is 6.58. The molecule has 0 spiro atoms. The van der Waals surface area contributed by atoms with Crippen molar-refractivity contribution in [3.8, 4) is 0 Å². The highest BCUT2D eigenvalue weighted by Crippen LogP contribution is 2.52. The number of aromatic nitrogens is 1. The minimum atomic E-state index is -0.104. The highest BCUT2D eigenvalue weighted by Gasteiger charge is 2.58. The molecule has 1 aromatic rings. The van der Waals surface area contributed by atoms with E-state index in [-0.39, 0.29) is 59.5 Å². The average Bonchev–Trinajstić information content (AvgIpc) is 3.49. The van der Waals surface area contributed by atoms with Crippen molar-refractivity contribution in [3.05, 3.63) is 36.5 Å². The molecule has 2 bridgehead atoms. The van der Waals surface area contributed by atoms with E-state index in [4.69, 9.17) is 0 Å². The summed E-state index contributed by atoms with van der Waals surface area (Å²) in [6.45, 7) is 5.58. The number of likely N-dealkylation sites (tertiary alicyclic amines) is 1. The van der Waals surface area contributed by atoms with E-state index < -0.39 is 0 Å². The maximum absolute atomic E-state index is 12.7. The van der Waals surface area contributed by atoms with Gasteiger partial charge in [-0.2, -0.15) is 0 Å². The highest BCUT2D eigenvalue weighted by atomic mass is 127. The Labute approximate surface area is 213 Å². The lowest BCUT2D eigenvalue weighted by Gasteiger charge is -2.17. The van der Waals surface area contributed by atoms with Crippen LogP contribution in [-0.2, 0) is 9.59 Å². The summed E-state index contributed by atoms with van der Waals surface area (Å²) in [5.41, 5.74) is 0. The SMILES string of the molecule is CCNC(=NCCCN1C(=O)C2C3C=CC(C3)C2C1=O)NCCCCNc1ccccn1.I. The van der Waals surface area contributed by atoms with Crippen LogP contribution in [0.3, 0.4) is 0 Å². The van der Waals surface area contributed by atoms with Crippen molar-refractivity contribution in [2.75, 3.05) is 38.0 Å². The van der Waals surface area contributed by atoms with Gasteiger partial charge in [0.1, 0.15) is 5.82 Å². The molecular formula is C24H35IN6O2. The van der Waals surface area contributed by atoms with Gasteiger partial charge in [-0.15, -0.1) is 24.0 Å². The molecule has 0 aromatic carbocycles. The molecule has 4 unspecified atom stereocenters. The first-order chi connectivity index (χ1) is 15.7. The Bertz CT molecular complexity index is 832. The van der Waals surface area contributed by atoms with Crippen molar-refractivity contribution in [1.82, 2.24) is 20.5 Å². The van der Waals surface area contributed by atoms with E-state index in [1.54, 1.807) is 6.20 Å². The number of halogens is 1. The van der Waals surface area contributed by atoms with Gasteiger partial charge in [-0.05, 0) is 56.6 Å². The molecule has 9 heteroatoms. The van der Waals surface area contributed by atoms with Crippen LogP contribution < -0.4 is 16.0 Å². The number of pyridine rings is 1. The predicted molar refractivity (Wildman–Crippen MR) is 140 cm³/mol. The van der Waals surface area contributed by atoms with Crippen molar-refractivity contribution in [2.24, 2.45) is 28.7 Å². The number of imide groups is 1. The first kappa shape index (κ1) is 25.5. The summed E-state index contributed by atoms with van der Waals surface area (Å²) < 4.78 is 0. The van der Waals surface area contributed by atoms with Crippen molar-refractivity contribution in [1.29, 1.82) is 0 Å². The van der Waals surface area contributed by atoms with Gasteiger partial charge in [0.15, 0.2) is 5.96 Å². The smallest absolute Gasteiger partial charge is 0.233 e. The first-order valence-electron chi connectivity index (χ1n) is 11.9. The number of unbranched alkanes of at least 4 members (excludes halogenated alkanes) is 1. The van der Waals surface area contributed by atoms with Gasteiger partial charge in [0.25, 0.3) is 0 Å². The normalized spacial score (nSPS) is 25.2. The summed E-state index contributed by atoms with van der Waals surface area (Å²) in [6.07, 6.45) is 9.75. The zero-order valence-electron chi connectivity index (χ0n) is 19.2. The number of aliphatic imine (C=N–C) groups is 1. The Kier molecular flexibility index (Phi) is 9.52. The van der Waals surface area contributed by atoms with Crippen LogP contribution in [0, 0.1) is 23.7 Å². The molecule has 8 nitrogen and oxygen atoms in total. The van der Waals surface area contributed by atoms with Gasteiger partial charge < -0.3 is 16.0 Å². The molecular weight excluding hydrogens is 531 g/mol. The van der Waals surface area contributed by atoms with Crippen LogP contribution in [0.5, 0.6) is 0 Å². The summed E-state index contributed by atoms with van der Waals surface area (Å²) in [5.74, 6) is 2.08. The number of hydrogen-bond donors (Lipinski definition) is 3. The molecule has 0 radical (unpaired) electrons. The van der Waals surface area contributed by atoms with E-state index >= 15 is 0 Å². The third kappa shape index (κ3) is 6.04. The highest BCUT2D eigenvalue weighted by molar-refractivity contribution is 14.0. The minimum Gasteiger partial charge on any atom is -0.370 e. The van der Waals surface area contributed by atoms with Crippen LogP contribution in [0.25, 0.3) is 0 Å². The fourth-order valence-corrected chi connectivity index (χ4v) is 5.09. The van der Waals surface area contributed by atoms with E-state index in [1.807, 2.05) is 25.1 Å².